The fourth-order valence-electron chi connectivity index (χ4n) is 4.23. The van der Waals surface area contributed by atoms with Gasteiger partial charge in [-0.15, -0.1) is 0 Å². The third kappa shape index (κ3) is 4.27. The molecule has 1 amide bonds. The lowest BCUT2D eigenvalue weighted by Gasteiger charge is -2.24. The number of hydrogen-bond donors (Lipinski definition) is 0. The van der Waals surface area contributed by atoms with E-state index in [0.717, 1.165) is 67.1 Å². The quantitative estimate of drug-likeness (QED) is 0.513. The topological polar surface area (TPSA) is 56.6 Å². The van der Waals surface area contributed by atoms with Crippen LogP contribution >= 0.6 is 0 Å². The average Bonchev–Trinajstić information content (AvgIpc) is 3.39. The van der Waals surface area contributed by atoms with Gasteiger partial charge in [-0.05, 0) is 62.1 Å². The van der Waals surface area contributed by atoms with Gasteiger partial charge in [0.15, 0.2) is 0 Å². The Morgan fingerprint density at radius 1 is 1.10 bits per heavy atom. The van der Waals surface area contributed by atoms with E-state index in [9.17, 15) is 4.79 Å². The molecular formula is C24H29N3O3. The Labute approximate surface area is 177 Å². The first-order chi connectivity index (χ1) is 14.7. The summed E-state index contributed by atoms with van der Waals surface area (Å²) in [5, 5.41) is 0. The van der Waals surface area contributed by atoms with Gasteiger partial charge in [-0.25, -0.2) is 4.98 Å². The molecule has 0 N–H and O–H groups in total. The Morgan fingerprint density at radius 3 is 2.63 bits per heavy atom. The summed E-state index contributed by atoms with van der Waals surface area (Å²) in [6.45, 7) is 4.00. The molecule has 0 radical (unpaired) electrons. The number of amides is 1. The van der Waals surface area contributed by atoms with Crippen molar-refractivity contribution in [3.05, 3.63) is 54.4 Å². The molecule has 1 aliphatic rings. The van der Waals surface area contributed by atoms with Crippen LogP contribution in [0.3, 0.4) is 0 Å². The van der Waals surface area contributed by atoms with E-state index >= 15 is 0 Å². The van der Waals surface area contributed by atoms with E-state index in [-0.39, 0.29) is 11.9 Å². The monoisotopic (exact) mass is 407 g/mol. The normalized spacial score (nSPS) is 16.2. The molecule has 1 fully saturated rings. The number of para-hydroxylation sites is 2. The molecule has 2 heterocycles. The van der Waals surface area contributed by atoms with Gasteiger partial charge in [-0.2, -0.15) is 0 Å². The molecule has 30 heavy (non-hydrogen) atoms. The van der Waals surface area contributed by atoms with Crippen molar-refractivity contribution in [2.24, 2.45) is 0 Å². The van der Waals surface area contributed by atoms with E-state index in [2.05, 4.69) is 22.8 Å². The molecule has 1 aromatic heterocycles. The van der Waals surface area contributed by atoms with Crippen LogP contribution in [0.2, 0.25) is 0 Å². The number of nitrogens with zero attached hydrogens (tertiary/aromatic N) is 3. The Morgan fingerprint density at radius 2 is 1.87 bits per heavy atom. The Balaban J connectivity index is 1.42. The van der Waals surface area contributed by atoms with Crippen molar-refractivity contribution in [1.82, 2.24) is 14.5 Å². The SMILES string of the molecule is COc1ccc(OCCCCn2c(C3CCCN3C(C)=O)nc3ccccc32)cc1. The number of ether oxygens (including phenoxy) is 2. The zero-order chi connectivity index (χ0) is 20.9. The zero-order valence-electron chi connectivity index (χ0n) is 17.7. The van der Waals surface area contributed by atoms with Gasteiger partial charge >= 0.3 is 0 Å². The van der Waals surface area contributed by atoms with Crippen molar-refractivity contribution in [3.63, 3.8) is 0 Å². The molecule has 0 saturated carbocycles. The number of aryl methyl sites for hydroxylation is 1. The number of carbonyl (C=O) groups is 1. The van der Waals surface area contributed by atoms with Gasteiger partial charge in [-0.3, -0.25) is 4.79 Å². The zero-order valence-corrected chi connectivity index (χ0v) is 17.7. The molecule has 6 heteroatoms. The minimum absolute atomic E-state index is 0.0745. The highest BCUT2D eigenvalue weighted by Crippen LogP contribution is 2.33. The molecule has 3 aromatic rings. The summed E-state index contributed by atoms with van der Waals surface area (Å²) in [6, 6.07) is 16.0. The number of hydrogen-bond acceptors (Lipinski definition) is 4. The number of rotatable bonds is 8. The van der Waals surface area contributed by atoms with Crippen LogP contribution in [0.4, 0.5) is 0 Å². The molecule has 4 rings (SSSR count). The lowest BCUT2D eigenvalue weighted by Crippen LogP contribution is -2.30. The van der Waals surface area contributed by atoms with E-state index in [0.29, 0.717) is 6.61 Å². The first-order valence-corrected chi connectivity index (χ1v) is 10.7. The molecule has 0 bridgehead atoms. The summed E-state index contributed by atoms with van der Waals surface area (Å²) in [4.78, 5) is 19.0. The molecule has 0 aliphatic carbocycles. The van der Waals surface area contributed by atoms with Gasteiger partial charge in [-0.1, -0.05) is 12.1 Å². The summed E-state index contributed by atoms with van der Waals surface area (Å²) in [6.07, 6.45) is 3.93. The van der Waals surface area contributed by atoms with Gasteiger partial charge in [0.25, 0.3) is 0 Å². The minimum Gasteiger partial charge on any atom is -0.497 e. The molecular weight excluding hydrogens is 378 g/mol. The van der Waals surface area contributed by atoms with Crippen molar-refractivity contribution in [1.29, 1.82) is 0 Å². The number of imidazole rings is 1. The minimum atomic E-state index is 0.0745. The van der Waals surface area contributed by atoms with Crippen LogP contribution in [0.25, 0.3) is 11.0 Å². The largest absolute Gasteiger partial charge is 0.497 e. The lowest BCUT2D eigenvalue weighted by atomic mass is 10.2. The number of carbonyl (C=O) groups excluding carboxylic acids is 1. The van der Waals surface area contributed by atoms with E-state index in [1.54, 1.807) is 14.0 Å². The predicted molar refractivity (Wildman–Crippen MR) is 117 cm³/mol. The van der Waals surface area contributed by atoms with Crippen molar-refractivity contribution in [2.45, 2.75) is 45.2 Å². The fourth-order valence-corrected chi connectivity index (χ4v) is 4.23. The van der Waals surface area contributed by atoms with E-state index in [4.69, 9.17) is 14.5 Å². The summed E-state index contributed by atoms with van der Waals surface area (Å²) >= 11 is 0. The average molecular weight is 408 g/mol. The Hall–Kier alpha value is -3.02. The smallest absolute Gasteiger partial charge is 0.220 e. The van der Waals surface area contributed by atoms with Gasteiger partial charge in [0.1, 0.15) is 17.3 Å². The summed E-state index contributed by atoms with van der Waals surface area (Å²) in [7, 11) is 1.66. The number of unbranched alkanes of at least 4 members (excludes halogenated alkanes) is 1. The van der Waals surface area contributed by atoms with Crippen LogP contribution in [-0.4, -0.2) is 40.6 Å². The van der Waals surface area contributed by atoms with E-state index in [1.807, 2.05) is 35.2 Å². The van der Waals surface area contributed by atoms with Crippen LogP contribution in [-0.2, 0) is 11.3 Å². The Bertz CT molecular complexity index is 997. The maximum absolute atomic E-state index is 12.1. The van der Waals surface area contributed by atoms with Crippen LogP contribution < -0.4 is 9.47 Å². The van der Waals surface area contributed by atoms with Crippen LogP contribution in [0.5, 0.6) is 11.5 Å². The number of methoxy groups -OCH3 is 1. The number of fused-ring (bicyclic) bond motifs is 1. The number of benzene rings is 2. The molecule has 1 atom stereocenters. The molecule has 1 aliphatic heterocycles. The van der Waals surface area contributed by atoms with Crippen molar-refractivity contribution in [3.8, 4) is 11.5 Å². The molecule has 1 unspecified atom stereocenters. The van der Waals surface area contributed by atoms with Crippen LogP contribution in [0.15, 0.2) is 48.5 Å². The van der Waals surface area contributed by atoms with E-state index in [1.165, 1.54) is 0 Å². The third-order valence-electron chi connectivity index (χ3n) is 5.74. The highest BCUT2D eigenvalue weighted by atomic mass is 16.5. The first-order valence-electron chi connectivity index (χ1n) is 10.7. The molecule has 158 valence electrons. The third-order valence-corrected chi connectivity index (χ3v) is 5.74. The van der Waals surface area contributed by atoms with Gasteiger partial charge in [0.05, 0.1) is 30.8 Å². The molecule has 2 aromatic carbocycles. The maximum Gasteiger partial charge on any atom is 0.220 e. The second-order valence-corrected chi connectivity index (χ2v) is 7.71. The second-order valence-electron chi connectivity index (χ2n) is 7.71. The fraction of sp³-hybridized carbons (Fsp3) is 0.417. The molecule has 1 saturated heterocycles. The summed E-state index contributed by atoms with van der Waals surface area (Å²) in [5.41, 5.74) is 2.14. The molecule has 6 nitrogen and oxygen atoms in total. The maximum atomic E-state index is 12.1. The van der Waals surface area contributed by atoms with Gasteiger partial charge < -0.3 is 18.9 Å². The van der Waals surface area contributed by atoms with Gasteiger partial charge in [0, 0.05) is 20.0 Å². The second kappa shape index (κ2) is 9.20. The summed E-state index contributed by atoms with van der Waals surface area (Å²) < 4.78 is 13.3. The highest BCUT2D eigenvalue weighted by molar-refractivity contribution is 5.77. The molecule has 0 spiro atoms. The van der Waals surface area contributed by atoms with Crippen molar-refractivity contribution in [2.75, 3.05) is 20.3 Å². The van der Waals surface area contributed by atoms with Crippen molar-refractivity contribution < 1.29 is 14.3 Å². The Kier molecular flexibility index (Phi) is 6.21. The number of aromatic nitrogens is 2. The van der Waals surface area contributed by atoms with E-state index < -0.39 is 0 Å². The van der Waals surface area contributed by atoms with Crippen molar-refractivity contribution >= 4 is 16.9 Å². The first kappa shape index (κ1) is 20.3. The van der Waals surface area contributed by atoms with Crippen LogP contribution in [0, 0.1) is 0 Å². The summed E-state index contributed by atoms with van der Waals surface area (Å²) in [5.74, 6) is 2.82. The highest BCUT2D eigenvalue weighted by Gasteiger charge is 2.31. The van der Waals surface area contributed by atoms with Crippen LogP contribution in [0.1, 0.15) is 44.5 Å². The van der Waals surface area contributed by atoms with Gasteiger partial charge in [0.2, 0.25) is 5.91 Å². The lowest BCUT2D eigenvalue weighted by molar-refractivity contribution is -0.129. The standard InChI is InChI=1S/C24H29N3O3/c1-18(28)26-16-7-10-23(26)24-25-21-8-3-4-9-22(21)27(24)15-5-6-17-30-20-13-11-19(29-2)12-14-20/h3-4,8-9,11-14,23H,5-7,10,15-17H2,1-2H3. The number of likely N-dealkylation sites (tertiary alicyclic amines) is 1. The predicted octanol–water partition coefficient (Wildman–Crippen LogP) is 4.59.